The number of likely N-dealkylation sites (N-methyl/N-ethyl adjacent to an activating group) is 1. The molecule has 5 nitrogen and oxygen atoms in total. The van der Waals surface area contributed by atoms with E-state index in [4.69, 9.17) is 0 Å². The van der Waals surface area contributed by atoms with E-state index in [2.05, 4.69) is 17.0 Å². The van der Waals surface area contributed by atoms with Crippen LogP contribution in [0.4, 0.5) is 13.2 Å². The van der Waals surface area contributed by atoms with Gasteiger partial charge in [0.2, 0.25) is 5.91 Å². The molecule has 2 saturated heterocycles. The van der Waals surface area contributed by atoms with Gasteiger partial charge in [-0.15, -0.1) is 0 Å². The molecule has 2 aliphatic heterocycles. The molecule has 0 spiro atoms. The molecule has 2 atom stereocenters. The predicted molar refractivity (Wildman–Crippen MR) is 77.6 cm³/mol. The standard InChI is InChI=1S/C15H21F3N4O/c1-20-7-2-4-11(20)12-5-3-8-22(12)14(23)10-21-9-6-13(19-21)15(16,17)18/h6,9,11-12H,2-5,7-8,10H2,1H3/t11-,12+/m0/s1. The number of carbonyl (C=O) groups excluding carboxylic acids is 1. The number of amides is 1. The van der Waals surface area contributed by atoms with Gasteiger partial charge in [0.25, 0.3) is 0 Å². The first kappa shape index (κ1) is 16.3. The van der Waals surface area contributed by atoms with Gasteiger partial charge in [0.15, 0.2) is 5.69 Å². The minimum atomic E-state index is -4.48. The van der Waals surface area contributed by atoms with Gasteiger partial charge < -0.3 is 9.80 Å². The van der Waals surface area contributed by atoms with Crippen molar-refractivity contribution in [2.45, 2.75) is 50.5 Å². The Morgan fingerprint density at radius 1 is 1.26 bits per heavy atom. The van der Waals surface area contributed by atoms with Crippen molar-refractivity contribution in [1.82, 2.24) is 19.6 Å². The van der Waals surface area contributed by atoms with Gasteiger partial charge in [-0.3, -0.25) is 9.48 Å². The van der Waals surface area contributed by atoms with E-state index < -0.39 is 11.9 Å². The lowest BCUT2D eigenvalue weighted by molar-refractivity contribution is -0.142. The normalized spacial score (nSPS) is 26.2. The Balaban J connectivity index is 1.66. The number of aromatic nitrogens is 2. The summed E-state index contributed by atoms with van der Waals surface area (Å²) in [6, 6.07) is 1.44. The first-order valence-electron chi connectivity index (χ1n) is 7.96. The van der Waals surface area contributed by atoms with Gasteiger partial charge in [-0.2, -0.15) is 18.3 Å². The second-order valence-electron chi connectivity index (χ2n) is 6.38. The third-order valence-corrected chi connectivity index (χ3v) is 4.87. The van der Waals surface area contributed by atoms with Gasteiger partial charge in [-0.1, -0.05) is 0 Å². The molecular formula is C15H21F3N4O. The second kappa shape index (κ2) is 6.14. The number of rotatable bonds is 3. The van der Waals surface area contributed by atoms with Crippen molar-refractivity contribution in [2.24, 2.45) is 0 Å². The Labute approximate surface area is 133 Å². The summed E-state index contributed by atoms with van der Waals surface area (Å²) >= 11 is 0. The Hall–Kier alpha value is -1.57. The predicted octanol–water partition coefficient (Wildman–Crippen LogP) is 1.99. The third-order valence-electron chi connectivity index (χ3n) is 4.87. The average molecular weight is 330 g/mol. The molecular weight excluding hydrogens is 309 g/mol. The number of hydrogen-bond donors (Lipinski definition) is 0. The first-order chi connectivity index (χ1) is 10.9. The third kappa shape index (κ3) is 3.36. The Bertz CT molecular complexity index is 571. The number of alkyl halides is 3. The molecule has 3 heterocycles. The van der Waals surface area contributed by atoms with E-state index in [1.165, 1.54) is 6.20 Å². The van der Waals surface area contributed by atoms with Crippen LogP contribution in [0.5, 0.6) is 0 Å². The molecule has 1 amide bonds. The molecule has 2 fully saturated rings. The van der Waals surface area contributed by atoms with Gasteiger partial charge in [-0.05, 0) is 45.3 Å². The van der Waals surface area contributed by atoms with E-state index in [9.17, 15) is 18.0 Å². The van der Waals surface area contributed by atoms with Crippen LogP contribution < -0.4 is 0 Å². The molecule has 0 bridgehead atoms. The summed E-state index contributed by atoms with van der Waals surface area (Å²) in [5.41, 5.74) is -0.959. The minimum absolute atomic E-state index is 0.136. The molecule has 0 saturated carbocycles. The fourth-order valence-corrected chi connectivity index (χ4v) is 3.75. The maximum atomic E-state index is 12.6. The Morgan fingerprint density at radius 2 is 1.96 bits per heavy atom. The highest BCUT2D eigenvalue weighted by Crippen LogP contribution is 2.30. The molecule has 8 heteroatoms. The van der Waals surface area contributed by atoms with Crippen LogP contribution in [0.1, 0.15) is 31.4 Å². The smallest absolute Gasteiger partial charge is 0.337 e. The topological polar surface area (TPSA) is 41.4 Å². The van der Waals surface area contributed by atoms with E-state index in [0.29, 0.717) is 12.6 Å². The summed E-state index contributed by atoms with van der Waals surface area (Å²) in [6.45, 7) is 1.58. The van der Waals surface area contributed by atoms with E-state index in [1.54, 1.807) is 0 Å². The summed E-state index contributed by atoms with van der Waals surface area (Å²) in [5.74, 6) is -0.148. The van der Waals surface area contributed by atoms with Crippen molar-refractivity contribution in [3.8, 4) is 0 Å². The lowest BCUT2D eigenvalue weighted by Crippen LogP contribution is -2.48. The van der Waals surface area contributed by atoms with Gasteiger partial charge >= 0.3 is 6.18 Å². The molecule has 128 valence electrons. The molecule has 0 radical (unpaired) electrons. The fourth-order valence-electron chi connectivity index (χ4n) is 3.75. The number of halogens is 3. The largest absolute Gasteiger partial charge is 0.435 e. The second-order valence-corrected chi connectivity index (χ2v) is 6.38. The molecule has 23 heavy (non-hydrogen) atoms. The van der Waals surface area contributed by atoms with Crippen LogP contribution in [0.2, 0.25) is 0 Å². The summed E-state index contributed by atoms with van der Waals surface area (Å²) in [7, 11) is 2.07. The first-order valence-corrected chi connectivity index (χ1v) is 7.96. The summed E-state index contributed by atoms with van der Waals surface area (Å²) in [6.07, 6.45) is 0.866. The minimum Gasteiger partial charge on any atom is -0.337 e. The van der Waals surface area contributed by atoms with Crippen molar-refractivity contribution in [3.05, 3.63) is 18.0 Å². The number of carbonyl (C=O) groups is 1. The van der Waals surface area contributed by atoms with E-state index in [1.807, 2.05) is 4.90 Å². The van der Waals surface area contributed by atoms with Crippen molar-refractivity contribution >= 4 is 5.91 Å². The molecule has 0 unspecified atom stereocenters. The quantitative estimate of drug-likeness (QED) is 0.851. The summed E-state index contributed by atoms with van der Waals surface area (Å²) in [5, 5.41) is 3.46. The van der Waals surface area contributed by atoms with Crippen LogP contribution in [0.3, 0.4) is 0 Å². The van der Waals surface area contributed by atoms with Crippen molar-refractivity contribution in [3.63, 3.8) is 0 Å². The van der Waals surface area contributed by atoms with Gasteiger partial charge in [0.1, 0.15) is 6.54 Å². The molecule has 0 aliphatic carbocycles. The lowest BCUT2D eigenvalue weighted by atomic mass is 10.0. The fraction of sp³-hybridized carbons (Fsp3) is 0.733. The van der Waals surface area contributed by atoms with E-state index >= 15 is 0 Å². The number of likely N-dealkylation sites (tertiary alicyclic amines) is 2. The van der Waals surface area contributed by atoms with Crippen molar-refractivity contribution < 1.29 is 18.0 Å². The number of hydrogen-bond acceptors (Lipinski definition) is 3. The van der Waals surface area contributed by atoms with Crippen LogP contribution in [-0.2, 0) is 17.5 Å². The maximum absolute atomic E-state index is 12.6. The molecule has 2 aliphatic rings. The van der Waals surface area contributed by atoms with Crippen molar-refractivity contribution in [1.29, 1.82) is 0 Å². The summed E-state index contributed by atoms with van der Waals surface area (Å²) < 4.78 is 38.8. The molecule has 1 aromatic heterocycles. The zero-order chi connectivity index (χ0) is 16.6. The van der Waals surface area contributed by atoms with Crippen molar-refractivity contribution in [2.75, 3.05) is 20.1 Å². The maximum Gasteiger partial charge on any atom is 0.435 e. The van der Waals surface area contributed by atoms with Gasteiger partial charge in [-0.25, -0.2) is 0 Å². The number of nitrogens with zero attached hydrogens (tertiary/aromatic N) is 4. The summed E-state index contributed by atoms with van der Waals surface area (Å²) in [4.78, 5) is 16.6. The monoisotopic (exact) mass is 330 g/mol. The van der Waals surface area contributed by atoms with E-state index in [-0.39, 0.29) is 18.5 Å². The van der Waals surface area contributed by atoms with Crippen LogP contribution in [0, 0.1) is 0 Å². The van der Waals surface area contributed by atoms with Crippen LogP contribution in [0.15, 0.2) is 12.3 Å². The molecule has 1 aromatic rings. The Morgan fingerprint density at radius 3 is 2.57 bits per heavy atom. The average Bonchev–Trinajstić information content (AvgIpc) is 3.16. The van der Waals surface area contributed by atoms with Crippen LogP contribution in [0.25, 0.3) is 0 Å². The van der Waals surface area contributed by atoms with E-state index in [0.717, 1.165) is 43.0 Å². The SMILES string of the molecule is CN1CCC[C@H]1[C@H]1CCCN1C(=O)Cn1ccc(C(F)(F)F)n1. The van der Waals surface area contributed by atoms with Crippen LogP contribution in [-0.4, -0.2) is 57.7 Å². The zero-order valence-corrected chi connectivity index (χ0v) is 13.1. The lowest BCUT2D eigenvalue weighted by Gasteiger charge is -2.33. The molecule has 0 N–H and O–H groups in total. The molecule has 3 rings (SSSR count). The highest BCUT2D eigenvalue weighted by Gasteiger charge is 2.38. The van der Waals surface area contributed by atoms with Gasteiger partial charge in [0, 0.05) is 24.8 Å². The zero-order valence-electron chi connectivity index (χ0n) is 13.1. The van der Waals surface area contributed by atoms with Gasteiger partial charge in [0.05, 0.1) is 0 Å². The Kier molecular flexibility index (Phi) is 4.35. The van der Waals surface area contributed by atoms with Crippen LogP contribution >= 0.6 is 0 Å². The molecule has 0 aromatic carbocycles. The highest BCUT2D eigenvalue weighted by atomic mass is 19.4. The highest BCUT2D eigenvalue weighted by molar-refractivity contribution is 5.76.